The number of carboxylic acid groups (broad SMARTS) is 1. The Morgan fingerprint density at radius 2 is 1.96 bits per heavy atom. The first-order valence-corrected chi connectivity index (χ1v) is 7.45. The van der Waals surface area contributed by atoms with E-state index in [2.05, 4.69) is 0 Å². The van der Waals surface area contributed by atoms with Gasteiger partial charge in [0.25, 0.3) is 0 Å². The van der Waals surface area contributed by atoms with Crippen molar-refractivity contribution in [1.29, 1.82) is 0 Å². The molecule has 7 heteroatoms. The maximum Gasteiger partial charge on any atom is 0.335 e. The van der Waals surface area contributed by atoms with Crippen LogP contribution in [0.2, 0.25) is 10.0 Å². The molecule has 4 nitrogen and oxygen atoms in total. The van der Waals surface area contributed by atoms with Gasteiger partial charge >= 0.3 is 5.97 Å². The van der Waals surface area contributed by atoms with Gasteiger partial charge in [0.2, 0.25) is 0 Å². The van der Waals surface area contributed by atoms with Gasteiger partial charge in [-0.25, -0.2) is 9.18 Å². The van der Waals surface area contributed by atoms with Gasteiger partial charge in [-0.1, -0.05) is 29.3 Å². The molecule has 0 heterocycles. The van der Waals surface area contributed by atoms with Crippen molar-refractivity contribution >= 4 is 29.2 Å². The second-order valence-corrected chi connectivity index (χ2v) is 5.33. The summed E-state index contributed by atoms with van der Waals surface area (Å²) in [6.45, 7) is 1.85. The van der Waals surface area contributed by atoms with Crippen LogP contribution in [0.15, 0.2) is 30.3 Å². The Morgan fingerprint density at radius 3 is 2.57 bits per heavy atom. The molecule has 0 aliphatic carbocycles. The first-order valence-electron chi connectivity index (χ1n) is 6.69. The van der Waals surface area contributed by atoms with Crippen molar-refractivity contribution < 1.29 is 23.8 Å². The predicted octanol–water partition coefficient (Wildman–Crippen LogP) is 4.81. The number of halogens is 3. The Hall–Kier alpha value is -1.98. The summed E-state index contributed by atoms with van der Waals surface area (Å²) < 4.78 is 24.7. The zero-order valence-corrected chi connectivity index (χ0v) is 13.6. The first kappa shape index (κ1) is 17.4. The molecule has 0 fully saturated rings. The Labute approximate surface area is 142 Å². The zero-order valence-electron chi connectivity index (χ0n) is 12.1. The van der Waals surface area contributed by atoms with Crippen molar-refractivity contribution in [2.75, 3.05) is 6.61 Å². The van der Waals surface area contributed by atoms with Crippen LogP contribution in [0.25, 0.3) is 0 Å². The number of hydrogen-bond donors (Lipinski definition) is 1. The topological polar surface area (TPSA) is 55.8 Å². The van der Waals surface area contributed by atoms with E-state index in [9.17, 15) is 9.18 Å². The lowest BCUT2D eigenvalue weighted by molar-refractivity contribution is 0.0696. The van der Waals surface area contributed by atoms with E-state index in [4.69, 9.17) is 37.8 Å². The second kappa shape index (κ2) is 7.53. The summed E-state index contributed by atoms with van der Waals surface area (Å²) in [5, 5.41) is 9.33. The standard InChI is InChI=1S/C16H13Cl2FO4/c1-2-22-14-7-9(16(20)21)6-12(18)15(14)23-8-10-11(17)4-3-5-13(10)19/h3-7H,2,8H2,1H3,(H,20,21). The smallest absolute Gasteiger partial charge is 0.335 e. The molecule has 0 aromatic heterocycles. The van der Waals surface area contributed by atoms with E-state index in [0.29, 0.717) is 0 Å². The molecule has 2 aromatic carbocycles. The fraction of sp³-hybridized carbons (Fsp3) is 0.188. The molecule has 0 atom stereocenters. The summed E-state index contributed by atoms with van der Waals surface area (Å²) in [5.74, 6) is -1.34. The molecule has 0 aliphatic rings. The molecule has 2 rings (SSSR count). The third kappa shape index (κ3) is 4.06. The molecular formula is C16H13Cl2FO4. The highest BCUT2D eigenvalue weighted by Crippen LogP contribution is 2.37. The molecule has 0 aliphatic heterocycles. The fourth-order valence-corrected chi connectivity index (χ4v) is 2.39. The van der Waals surface area contributed by atoms with Gasteiger partial charge in [0.1, 0.15) is 12.4 Å². The lowest BCUT2D eigenvalue weighted by atomic mass is 10.2. The SMILES string of the molecule is CCOc1cc(C(=O)O)cc(Cl)c1OCc1c(F)cccc1Cl. The van der Waals surface area contributed by atoms with Gasteiger partial charge < -0.3 is 14.6 Å². The van der Waals surface area contributed by atoms with E-state index in [1.807, 2.05) is 0 Å². The molecule has 0 amide bonds. The van der Waals surface area contributed by atoms with Crippen LogP contribution in [-0.2, 0) is 6.61 Å². The van der Waals surface area contributed by atoms with Crippen molar-refractivity contribution in [2.24, 2.45) is 0 Å². The van der Waals surface area contributed by atoms with Gasteiger partial charge in [0, 0.05) is 5.56 Å². The van der Waals surface area contributed by atoms with E-state index < -0.39 is 11.8 Å². The Morgan fingerprint density at radius 1 is 1.22 bits per heavy atom. The van der Waals surface area contributed by atoms with Gasteiger partial charge in [-0.2, -0.15) is 0 Å². The number of aromatic carboxylic acids is 1. The molecule has 0 saturated carbocycles. The van der Waals surface area contributed by atoms with Crippen LogP contribution in [0.4, 0.5) is 4.39 Å². The van der Waals surface area contributed by atoms with E-state index in [1.54, 1.807) is 13.0 Å². The van der Waals surface area contributed by atoms with Crippen molar-refractivity contribution in [1.82, 2.24) is 0 Å². The molecule has 0 saturated heterocycles. The van der Waals surface area contributed by atoms with Crippen LogP contribution >= 0.6 is 23.2 Å². The van der Waals surface area contributed by atoms with E-state index >= 15 is 0 Å². The summed E-state index contributed by atoms with van der Waals surface area (Å²) in [7, 11) is 0. The summed E-state index contributed by atoms with van der Waals surface area (Å²) in [6, 6.07) is 6.84. The molecule has 122 valence electrons. The highest BCUT2D eigenvalue weighted by Gasteiger charge is 2.17. The fourth-order valence-electron chi connectivity index (χ4n) is 1.91. The third-order valence-electron chi connectivity index (χ3n) is 2.98. The number of rotatable bonds is 6. The third-order valence-corrected chi connectivity index (χ3v) is 3.61. The van der Waals surface area contributed by atoms with Crippen LogP contribution in [0.3, 0.4) is 0 Å². The van der Waals surface area contributed by atoms with Crippen molar-refractivity contribution in [3.05, 3.63) is 57.3 Å². The van der Waals surface area contributed by atoms with Crippen LogP contribution in [0, 0.1) is 5.82 Å². The lowest BCUT2D eigenvalue weighted by Crippen LogP contribution is -2.05. The van der Waals surface area contributed by atoms with Gasteiger partial charge in [0.05, 0.1) is 22.2 Å². The summed E-state index contributed by atoms with van der Waals surface area (Å²) >= 11 is 12.0. The minimum absolute atomic E-state index is 0.0327. The predicted molar refractivity (Wildman–Crippen MR) is 85.3 cm³/mol. The normalized spacial score (nSPS) is 10.4. The summed E-state index contributed by atoms with van der Waals surface area (Å²) in [6.07, 6.45) is 0. The number of ether oxygens (including phenoxy) is 2. The molecule has 0 unspecified atom stereocenters. The van der Waals surface area contributed by atoms with Crippen LogP contribution in [0.5, 0.6) is 11.5 Å². The summed E-state index contributed by atoms with van der Waals surface area (Å²) in [4.78, 5) is 11.1. The van der Waals surface area contributed by atoms with E-state index in [-0.39, 0.29) is 45.9 Å². The average Bonchev–Trinajstić information content (AvgIpc) is 2.48. The van der Waals surface area contributed by atoms with Crippen LogP contribution in [0.1, 0.15) is 22.8 Å². The lowest BCUT2D eigenvalue weighted by Gasteiger charge is -2.15. The number of carboxylic acids is 1. The first-order chi connectivity index (χ1) is 10.9. The van der Waals surface area contributed by atoms with Crippen LogP contribution < -0.4 is 9.47 Å². The van der Waals surface area contributed by atoms with Crippen molar-refractivity contribution in [3.63, 3.8) is 0 Å². The Kier molecular flexibility index (Phi) is 5.69. The number of carbonyl (C=O) groups is 1. The van der Waals surface area contributed by atoms with E-state index in [0.717, 1.165) is 0 Å². The van der Waals surface area contributed by atoms with Crippen LogP contribution in [-0.4, -0.2) is 17.7 Å². The van der Waals surface area contributed by atoms with Gasteiger partial charge in [-0.05, 0) is 31.2 Å². The number of hydrogen-bond acceptors (Lipinski definition) is 3. The molecule has 0 spiro atoms. The highest BCUT2D eigenvalue weighted by atomic mass is 35.5. The minimum atomic E-state index is -1.14. The van der Waals surface area contributed by atoms with Crippen molar-refractivity contribution in [2.45, 2.75) is 13.5 Å². The molecule has 23 heavy (non-hydrogen) atoms. The van der Waals surface area contributed by atoms with E-state index in [1.165, 1.54) is 24.3 Å². The molecule has 0 radical (unpaired) electrons. The number of benzene rings is 2. The Balaban J connectivity index is 2.33. The maximum absolute atomic E-state index is 13.8. The molecular weight excluding hydrogens is 346 g/mol. The van der Waals surface area contributed by atoms with Gasteiger partial charge in [-0.3, -0.25) is 0 Å². The average molecular weight is 359 g/mol. The minimum Gasteiger partial charge on any atom is -0.490 e. The monoisotopic (exact) mass is 358 g/mol. The largest absolute Gasteiger partial charge is 0.490 e. The maximum atomic E-state index is 13.8. The second-order valence-electron chi connectivity index (χ2n) is 4.51. The zero-order chi connectivity index (χ0) is 17.0. The summed E-state index contributed by atoms with van der Waals surface area (Å²) in [5.41, 5.74) is 0.143. The van der Waals surface area contributed by atoms with Crippen molar-refractivity contribution in [3.8, 4) is 11.5 Å². The molecule has 2 aromatic rings. The Bertz CT molecular complexity index is 714. The molecule has 1 N–H and O–H groups in total. The quantitative estimate of drug-likeness (QED) is 0.804. The molecule has 0 bridgehead atoms. The van der Waals surface area contributed by atoms with Gasteiger partial charge in [0.15, 0.2) is 11.5 Å². The highest BCUT2D eigenvalue weighted by molar-refractivity contribution is 6.32. The van der Waals surface area contributed by atoms with Gasteiger partial charge in [-0.15, -0.1) is 0 Å².